The van der Waals surface area contributed by atoms with Crippen LogP contribution in [0.15, 0.2) is 0 Å². The summed E-state index contributed by atoms with van der Waals surface area (Å²) >= 11 is 0. The number of carbonyl (C=O) groups is 5. The molecule has 5 atom stereocenters. The molecule has 9 nitrogen and oxygen atoms in total. The summed E-state index contributed by atoms with van der Waals surface area (Å²) in [6.07, 6.45) is 2.14. The van der Waals surface area contributed by atoms with Crippen molar-refractivity contribution in [1.82, 2.24) is 15.5 Å². The van der Waals surface area contributed by atoms with Crippen molar-refractivity contribution in [2.75, 3.05) is 14.1 Å². The molecule has 212 valence electrons. The highest BCUT2D eigenvalue weighted by molar-refractivity contribution is 5.91. The minimum absolute atomic E-state index is 0.0632. The Kier molecular flexibility index (Phi) is 23.3. The van der Waals surface area contributed by atoms with E-state index in [0.717, 1.165) is 0 Å². The molecule has 0 saturated heterocycles. The van der Waals surface area contributed by atoms with Crippen LogP contribution in [0, 0.1) is 17.8 Å². The van der Waals surface area contributed by atoms with Crippen LogP contribution in [0.2, 0.25) is 0 Å². The number of carbonyl (C=O) groups excluding carboxylic acids is 5. The fourth-order valence-electron chi connectivity index (χ4n) is 3.35. The molecule has 2 amide bonds. The Hall–Kier alpha value is -2.29. The van der Waals surface area contributed by atoms with E-state index in [1.54, 1.807) is 27.8 Å². The van der Waals surface area contributed by atoms with Gasteiger partial charge in [0.05, 0.1) is 6.04 Å². The van der Waals surface area contributed by atoms with Crippen LogP contribution in [0.4, 0.5) is 0 Å². The predicted octanol–water partition coefficient (Wildman–Crippen LogP) is 3.39. The fraction of sp³-hybridized carbons (Fsp3) is 0.815. The largest absolute Gasteiger partial charge is 0.460 e. The molecule has 0 fully saturated rings. The third-order valence-corrected chi connectivity index (χ3v) is 5.20. The number of hydrogen-bond donors (Lipinski definition) is 2. The first kappa shape index (κ1) is 38.2. The molecule has 0 aliphatic heterocycles. The molecule has 0 spiro atoms. The van der Waals surface area contributed by atoms with Gasteiger partial charge in [-0.1, -0.05) is 68.7 Å². The smallest absolute Gasteiger partial charge is 0.302 e. The Morgan fingerprint density at radius 3 is 1.83 bits per heavy atom. The highest BCUT2D eigenvalue weighted by atomic mass is 16.5. The molecule has 9 heteroatoms. The molecular weight excluding hydrogens is 462 g/mol. The van der Waals surface area contributed by atoms with Crippen molar-refractivity contribution in [3.05, 3.63) is 0 Å². The first-order chi connectivity index (χ1) is 16.8. The summed E-state index contributed by atoms with van der Waals surface area (Å²) in [5.41, 5.74) is 0. The molecule has 0 aliphatic rings. The van der Waals surface area contributed by atoms with Gasteiger partial charge in [0.1, 0.15) is 30.8 Å². The zero-order valence-corrected chi connectivity index (χ0v) is 24.7. The summed E-state index contributed by atoms with van der Waals surface area (Å²) in [5.74, 6) is -1.83. The number of aldehydes is 2. The molecule has 0 saturated carbocycles. The standard InChI is InChI=1S/C22H39N3O6.C3H8.C2H6/c1-13(2)11-17(23-7)21(29)24-19(14(3)4)22(30)25(8)18(12-27)20(31-16(6)28)15(5)9-10-26;1-3-2;1-2/h10,12-15,17-20,23H,9,11H2,1-8H3,(H,24,29);3H2,1-2H3;1-2H3/t15-,17+,18?,19+,20-;;/m1../s1. The average Bonchev–Trinajstić information content (AvgIpc) is 2.81. The summed E-state index contributed by atoms with van der Waals surface area (Å²) in [6.45, 7) is 18.7. The van der Waals surface area contributed by atoms with Gasteiger partial charge in [-0.05, 0) is 25.3 Å². The van der Waals surface area contributed by atoms with Gasteiger partial charge in [0, 0.05) is 26.3 Å². The first-order valence-electron chi connectivity index (χ1n) is 13.1. The van der Waals surface area contributed by atoms with Gasteiger partial charge in [-0.2, -0.15) is 0 Å². The molecular formula is C27H53N3O6. The summed E-state index contributed by atoms with van der Waals surface area (Å²) in [7, 11) is 3.11. The van der Waals surface area contributed by atoms with Crippen LogP contribution in [-0.4, -0.2) is 73.6 Å². The molecule has 0 aromatic heterocycles. The molecule has 0 heterocycles. The molecule has 0 aromatic carbocycles. The van der Waals surface area contributed by atoms with E-state index in [1.807, 2.05) is 27.7 Å². The number of hydrogen-bond acceptors (Lipinski definition) is 7. The molecule has 0 rings (SSSR count). The van der Waals surface area contributed by atoms with E-state index >= 15 is 0 Å². The van der Waals surface area contributed by atoms with E-state index in [-0.39, 0.29) is 24.2 Å². The second-order valence-electron chi connectivity index (χ2n) is 9.44. The molecule has 2 N–H and O–H groups in total. The minimum Gasteiger partial charge on any atom is -0.460 e. The van der Waals surface area contributed by atoms with Crippen molar-refractivity contribution in [2.24, 2.45) is 17.8 Å². The SMILES string of the molecule is CC.CCC.CN[C@@H](CC(C)C)C(=O)N[C@H](C(=O)N(C)C(C=O)[C@H](OC(C)=O)[C@H](C)CC=O)C(C)C. The maximum absolute atomic E-state index is 13.2. The van der Waals surface area contributed by atoms with Crippen molar-refractivity contribution in [3.63, 3.8) is 0 Å². The predicted molar refractivity (Wildman–Crippen MR) is 144 cm³/mol. The number of ether oxygens (including phenoxy) is 1. The number of likely N-dealkylation sites (N-methyl/N-ethyl adjacent to an activating group) is 2. The van der Waals surface area contributed by atoms with Gasteiger partial charge >= 0.3 is 5.97 Å². The second kappa shape index (κ2) is 21.9. The number of nitrogens with one attached hydrogen (secondary N) is 2. The number of esters is 1. The monoisotopic (exact) mass is 515 g/mol. The summed E-state index contributed by atoms with van der Waals surface area (Å²) in [6, 6.07) is -2.43. The zero-order chi connectivity index (χ0) is 29.0. The second-order valence-corrected chi connectivity index (χ2v) is 9.44. The van der Waals surface area contributed by atoms with Crippen molar-refractivity contribution in [1.29, 1.82) is 0 Å². The summed E-state index contributed by atoms with van der Waals surface area (Å²) < 4.78 is 5.29. The Labute approximate surface area is 219 Å². The maximum Gasteiger partial charge on any atom is 0.302 e. The Bertz CT molecular complexity index is 639. The van der Waals surface area contributed by atoms with Crippen molar-refractivity contribution in [2.45, 2.75) is 113 Å². The molecule has 36 heavy (non-hydrogen) atoms. The topological polar surface area (TPSA) is 122 Å². The van der Waals surface area contributed by atoms with E-state index in [4.69, 9.17) is 4.74 Å². The minimum atomic E-state index is -1.10. The van der Waals surface area contributed by atoms with Crippen LogP contribution in [0.1, 0.15) is 88.5 Å². The van der Waals surface area contributed by atoms with Gasteiger partial charge in [-0.25, -0.2) is 0 Å². The quantitative estimate of drug-likeness (QED) is 0.269. The number of rotatable bonds is 14. The van der Waals surface area contributed by atoms with Crippen LogP contribution in [0.25, 0.3) is 0 Å². The average molecular weight is 516 g/mol. The van der Waals surface area contributed by atoms with Gasteiger partial charge in [-0.3, -0.25) is 14.4 Å². The lowest BCUT2D eigenvalue weighted by Crippen LogP contribution is -2.58. The Morgan fingerprint density at radius 2 is 1.50 bits per heavy atom. The zero-order valence-electron chi connectivity index (χ0n) is 24.7. The van der Waals surface area contributed by atoms with E-state index in [0.29, 0.717) is 19.0 Å². The van der Waals surface area contributed by atoms with Crippen LogP contribution >= 0.6 is 0 Å². The van der Waals surface area contributed by atoms with Crippen LogP contribution in [-0.2, 0) is 28.7 Å². The lowest BCUT2D eigenvalue weighted by molar-refractivity contribution is -0.158. The first-order valence-corrected chi connectivity index (χ1v) is 13.1. The third-order valence-electron chi connectivity index (χ3n) is 5.20. The third kappa shape index (κ3) is 15.0. The van der Waals surface area contributed by atoms with Gasteiger partial charge in [0.15, 0.2) is 0 Å². The Morgan fingerprint density at radius 1 is 1.00 bits per heavy atom. The Balaban J connectivity index is -0.00000201. The van der Waals surface area contributed by atoms with E-state index < -0.39 is 42.0 Å². The molecule has 0 aliphatic carbocycles. The van der Waals surface area contributed by atoms with E-state index in [1.165, 1.54) is 25.3 Å². The molecule has 0 aromatic rings. The van der Waals surface area contributed by atoms with Crippen LogP contribution < -0.4 is 10.6 Å². The maximum atomic E-state index is 13.2. The van der Waals surface area contributed by atoms with Gasteiger partial charge in [0.2, 0.25) is 11.8 Å². The van der Waals surface area contributed by atoms with Crippen molar-refractivity contribution in [3.8, 4) is 0 Å². The number of nitrogens with zero attached hydrogens (tertiary/aromatic N) is 1. The number of amides is 2. The summed E-state index contributed by atoms with van der Waals surface area (Å²) in [5, 5.41) is 5.76. The van der Waals surface area contributed by atoms with E-state index in [9.17, 15) is 24.0 Å². The normalized spacial score (nSPS) is 14.5. The van der Waals surface area contributed by atoms with Gasteiger partial charge < -0.3 is 29.9 Å². The van der Waals surface area contributed by atoms with Crippen molar-refractivity contribution < 1.29 is 28.7 Å². The lowest BCUT2D eigenvalue weighted by atomic mass is 9.93. The molecule has 0 radical (unpaired) electrons. The molecule has 0 bridgehead atoms. The summed E-state index contributed by atoms with van der Waals surface area (Å²) in [4.78, 5) is 61.6. The van der Waals surface area contributed by atoms with Crippen molar-refractivity contribution >= 4 is 30.4 Å². The lowest BCUT2D eigenvalue weighted by Gasteiger charge is -2.36. The molecule has 1 unspecified atom stereocenters. The highest BCUT2D eigenvalue weighted by Gasteiger charge is 2.38. The van der Waals surface area contributed by atoms with Gasteiger partial charge in [-0.15, -0.1) is 0 Å². The van der Waals surface area contributed by atoms with E-state index in [2.05, 4.69) is 24.5 Å². The van der Waals surface area contributed by atoms with Crippen LogP contribution in [0.3, 0.4) is 0 Å². The fourth-order valence-corrected chi connectivity index (χ4v) is 3.35. The van der Waals surface area contributed by atoms with Crippen LogP contribution in [0.5, 0.6) is 0 Å². The van der Waals surface area contributed by atoms with Gasteiger partial charge in [0.25, 0.3) is 0 Å². The highest BCUT2D eigenvalue weighted by Crippen LogP contribution is 2.19.